The van der Waals surface area contributed by atoms with E-state index in [2.05, 4.69) is 25.5 Å². The Bertz CT molecular complexity index is 884. The lowest BCUT2D eigenvalue weighted by Gasteiger charge is -2.16. The second-order valence-electron chi connectivity index (χ2n) is 6.59. The molecule has 128 valence electrons. The third kappa shape index (κ3) is 2.67. The van der Waals surface area contributed by atoms with Crippen LogP contribution < -0.4 is 14.4 Å². The average molecular weight is 336 g/mol. The Labute approximate surface area is 146 Å². The highest BCUT2D eigenvalue weighted by molar-refractivity contribution is 5.76. The van der Waals surface area contributed by atoms with Crippen LogP contribution in [0.25, 0.3) is 11.0 Å². The predicted molar refractivity (Wildman–Crippen MR) is 95.3 cm³/mol. The van der Waals surface area contributed by atoms with Crippen LogP contribution in [0.1, 0.15) is 12.8 Å². The molecule has 0 bridgehead atoms. The predicted octanol–water partition coefficient (Wildman–Crippen LogP) is 2.87. The Morgan fingerprint density at radius 3 is 2.84 bits per heavy atom. The van der Waals surface area contributed by atoms with Gasteiger partial charge in [0.25, 0.3) is 6.01 Å². The van der Waals surface area contributed by atoms with Gasteiger partial charge in [-0.1, -0.05) is 12.1 Å². The van der Waals surface area contributed by atoms with E-state index in [-0.39, 0.29) is 6.10 Å². The van der Waals surface area contributed by atoms with E-state index >= 15 is 0 Å². The van der Waals surface area contributed by atoms with Crippen molar-refractivity contribution in [3.63, 3.8) is 0 Å². The molecule has 25 heavy (non-hydrogen) atoms. The van der Waals surface area contributed by atoms with Crippen LogP contribution >= 0.6 is 0 Å². The zero-order valence-corrected chi connectivity index (χ0v) is 14.0. The van der Waals surface area contributed by atoms with Gasteiger partial charge in [-0.25, -0.2) is 4.98 Å². The van der Waals surface area contributed by atoms with Crippen molar-refractivity contribution in [1.29, 1.82) is 0 Å². The summed E-state index contributed by atoms with van der Waals surface area (Å²) in [5.41, 5.74) is 2.08. The zero-order valence-electron chi connectivity index (χ0n) is 14.0. The van der Waals surface area contributed by atoms with E-state index in [0.29, 0.717) is 12.6 Å². The number of ether oxygens (including phenoxy) is 2. The number of imidazole rings is 1. The lowest BCUT2D eigenvalue weighted by atomic mass is 10.3. The van der Waals surface area contributed by atoms with E-state index in [1.807, 2.05) is 30.3 Å². The van der Waals surface area contributed by atoms with E-state index in [4.69, 9.17) is 9.47 Å². The molecule has 2 aliphatic rings. The van der Waals surface area contributed by atoms with Crippen LogP contribution in [0.2, 0.25) is 0 Å². The minimum absolute atomic E-state index is 0.0228. The van der Waals surface area contributed by atoms with Crippen LogP contribution in [0.4, 0.5) is 5.82 Å². The minimum atomic E-state index is -0.0228. The van der Waals surface area contributed by atoms with Gasteiger partial charge in [0.2, 0.25) is 0 Å². The zero-order chi connectivity index (χ0) is 16.6. The van der Waals surface area contributed by atoms with Crippen LogP contribution in [-0.2, 0) is 6.54 Å². The van der Waals surface area contributed by atoms with Gasteiger partial charge in [0.1, 0.15) is 18.2 Å². The molecule has 1 atom stereocenters. The summed E-state index contributed by atoms with van der Waals surface area (Å²) in [4.78, 5) is 11.4. The van der Waals surface area contributed by atoms with E-state index in [1.165, 1.54) is 12.8 Å². The summed E-state index contributed by atoms with van der Waals surface area (Å²) in [6, 6.07) is 12.8. The van der Waals surface area contributed by atoms with Crippen molar-refractivity contribution in [1.82, 2.24) is 14.5 Å². The number of aromatic nitrogens is 3. The van der Waals surface area contributed by atoms with E-state index in [0.717, 1.165) is 42.2 Å². The second kappa shape index (κ2) is 5.95. The van der Waals surface area contributed by atoms with Crippen molar-refractivity contribution in [2.24, 2.45) is 0 Å². The van der Waals surface area contributed by atoms with E-state index in [1.54, 1.807) is 6.20 Å². The molecule has 0 N–H and O–H groups in total. The molecule has 4 heterocycles. The highest BCUT2D eigenvalue weighted by Gasteiger charge is 2.26. The Kier molecular flexibility index (Phi) is 3.47. The molecule has 1 saturated heterocycles. The fourth-order valence-electron chi connectivity index (χ4n) is 3.58. The number of benzene rings is 1. The van der Waals surface area contributed by atoms with Crippen LogP contribution in [-0.4, -0.2) is 40.3 Å². The Balaban J connectivity index is 1.22. The summed E-state index contributed by atoms with van der Waals surface area (Å²) < 4.78 is 13.9. The van der Waals surface area contributed by atoms with Crippen molar-refractivity contribution in [3.8, 4) is 11.8 Å². The summed E-state index contributed by atoms with van der Waals surface area (Å²) >= 11 is 0. The Morgan fingerprint density at radius 2 is 2.00 bits per heavy atom. The molecule has 2 aliphatic heterocycles. The normalized spacial score (nSPS) is 19.2. The smallest absolute Gasteiger partial charge is 0.297 e. The van der Waals surface area contributed by atoms with Gasteiger partial charge < -0.3 is 14.4 Å². The highest BCUT2D eigenvalue weighted by atomic mass is 16.6. The van der Waals surface area contributed by atoms with Crippen molar-refractivity contribution in [2.75, 3.05) is 24.6 Å². The first-order valence-corrected chi connectivity index (χ1v) is 8.82. The molecule has 2 aromatic heterocycles. The number of hydrogen-bond acceptors (Lipinski definition) is 5. The van der Waals surface area contributed by atoms with Gasteiger partial charge in [0.15, 0.2) is 6.10 Å². The van der Waals surface area contributed by atoms with Gasteiger partial charge in [-0.05, 0) is 37.1 Å². The lowest BCUT2D eigenvalue weighted by Crippen LogP contribution is -2.23. The maximum Gasteiger partial charge on any atom is 0.297 e. The molecular formula is C19H20N4O2. The van der Waals surface area contributed by atoms with Gasteiger partial charge in [-0.2, -0.15) is 4.98 Å². The Hall–Kier alpha value is -2.76. The molecule has 6 nitrogen and oxygen atoms in total. The van der Waals surface area contributed by atoms with E-state index in [9.17, 15) is 0 Å². The quantitative estimate of drug-likeness (QED) is 0.733. The summed E-state index contributed by atoms with van der Waals surface area (Å²) in [5, 5.41) is 0. The first kappa shape index (κ1) is 14.6. The standard InChI is InChI=1S/C19H20N4O2/c1-2-6-17-16(5-1)21-19-23(17)12-15(25-19)13-24-14-7-8-18(20-11-14)22-9-3-4-10-22/h1-2,5-8,11,15H,3-4,9-10,12-13H2/t15-/m0/s1. The summed E-state index contributed by atoms with van der Waals surface area (Å²) in [7, 11) is 0. The van der Waals surface area contributed by atoms with Crippen LogP contribution in [0.15, 0.2) is 42.6 Å². The van der Waals surface area contributed by atoms with Crippen molar-refractivity contribution in [3.05, 3.63) is 42.6 Å². The average Bonchev–Trinajstić information content (AvgIpc) is 3.36. The molecule has 0 amide bonds. The maximum absolute atomic E-state index is 5.92. The van der Waals surface area contributed by atoms with Gasteiger partial charge in [-0.3, -0.25) is 4.57 Å². The summed E-state index contributed by atoms with van der Waals surface area (Å²) in [6.45, 7) is 3.45. The van der Waals surface area contributed by atoms with Gasteiger partial charge in [0, 0.05) is 13.1 Å². The van der Waals surface area contributed by atoms with Crippen LogP contribution in [0.5, 0.6) is 11.8 Å². The van der Waals surface area contributed by atoms with Crippen molar-refractivity contribution in [2.45, 2.75) is 25.5 Å². The molecule has 0 radical (unpaired) electrons. The van der Waals surface area contributed by atoms with Crippen LogP contribution in [0.3, 0.4) is 0 Å². The highest BCUT2D eigenvalue weighted by Crippen LogP contribution is 2.28. The molecule has 0 saturated carbocycles. The molecule has 3 aromatic rings. The molecule has 0 aliphatic carbocycles. The molecule has 0 unspecified atom stereocenters. The first-order valence-electron chi connectivity index (χ1n) is 8.82. The topological polar surface area (TPSA) is 52.4 Å². The van der Waals surface area contributed by atoms with Crippen molar-refractivity contribution < 1.29 is 9.47 Å². The largest absolute Gasteiger partial charge is 0.488 e. The molecule has 5 rings (SSSR count). The first-order chi connectivity index (χ1) is 12.4. The SMILES string of the molecule is c1ccc2c(c1)nc1n2C[C@@H](COc2ccc(N3CCCC3)nc2)O1. The Morgan fingerprint density at radius 1 is 1.12 bits per heavy atom. The number of hydrogen-bond donors (Lipinski definition) is 0. The van der Waals surface area contributed by atoms with Crippen molar-refractivity contribution >= 4 is 16.9 Å². The maximum atomic E-state index is 5.92. The molecule has 1 fully saturated rings. The van der Waals surface area contributed by atoms with Gasteiger partial charge >= 0.3 is 0 Å². The van der Waals surface area contributed by atoms with E-state index < -0.39 is 0 Å². The third-order valence-corrected chi connectivity index (χ3v) is 4.86. The molecule has 1 aromatic carbocycles. The number of rotatable bonds is 4. The number of para-hydroxylation sites is 2. The molecular weight excluding hydrogens is 316 g/mol. The molecule has 0 spiro atoms. The minimum Gasteiger partial charge on any atom is -0.488 e. The van der Waals surface area contributed by atoms with Gasteiger partial charge in [-0.15, -0.1) is 0 Å². The van der Waals surface area contributed by atoms with Gasteiger partial charge in [0.05, 0.1) is 23.8 Å². The number of pyridine rings is 1. The second-order valence-corrected chi connectivity index (χ2v) is 6.59. The number of nitrogens with zero attached hydrogens (tertiary/aromatic N) is 4. The summed E-state index contributed by atoms with van der Waals surface area (Å²) in [6.07, 6.45) is 4.28. The molecule has 6 heteroatoms. The number of anilines is 1. The monoisotopic (exact) mass is 336 g/mol. The lowest BCUT2D eigenvalue weighted by molar-refractivity contribution is 0.143. The number of fused-ring (bicyclic) bond motifs is 3. The fraction of sp³-hybridized carbons (Fsp3) is 0.368. The van der Waals surface area contributed by atoms with Crippen LogP contribution in [0, 0.1) is 0 Å². The third-order valence-electron chi connectivity index (χ3n) is 4.86. The summed E-state index contributed by atoms with van der Waals surface area (Å²) in [5.74, 6) is 1.81. The fourth-order valence-corrected chi connectivity index (χ4v) is 3.58.